The first kappa shape index (κ1) is 25.1. The number of anilines is 1. The number of hydrogen-bond acceptors (Lipinski definition) is 5. The van der Waals surface area contributed by atoms with Crippen molar-refractivity contribution in [1.29, 1.82) is 0 Å². The third kappa shape index (κ3) is 6.51. The van der Waals surface area contributed by atoms with Gasteiger partial charge >= 0.3 is 0 Å². The van der Waals surface area contributed by atoms with Crippen LogP contribution in [-0.4, -0.2) is 35.2 Å². The normalized spacial score (nSPS) is 10.8. The van der Waals surface area contributed by atoms with Crippen molar-refractivity contribution >= 4 is 29.1 Å². The summed E-state index contributed by atoms with van der Waals surface area (Å²) in [5.41, 5.74) is 1.62. The average Bonchev–Trinajstić information content (AvgIpc) is 3.24. The quantitative estimate of drug-likeness (QED) is 0.431. The number of aromatic nitrogens is 2. The Balaban J connectivity index is 1.78. The van der Waals surface area contributed by atoms with Gasteiger partial charge in [-0.3, -0.25) is 14.3 Å². The number of carbonyl (C=O) groups excluding carboxylic acids is 2. The topological polar surface area (TPSA) is 94.5 Å². The Labute approximate surface area is 204 Å². The van der Waals surface area contributed by atoms with Crippen molar-refractivity contribution < 1.29 is 19.1 Å². The van der Waals surface area contributed by atoms with Crippen LogP contribution >= 0.6 is 11.6 Å². The number of halogens is 1. The summed E-state index contributed by atoms with van der Waals surface area (Å²) in [5.74, 6) is 0.832. The van der Waals surface area contributed by atoms with Gasteiger partial charge in [-0.15, -0.1) is 0 Å². The lowest BCUT2D eigenvalue weighted by atomic mass is 10.1. The molecule has 0 aliphatic heterocycles. The van der Waals surface area contributed by atoms with Gasteiger partial charge in [0.1, 0.15) is 18.1 Å². The molecule has 180 valence electrons. The van der Waals surface area contributed by atoms with Gasteiger partial charge in [0.15, 0.2) is 5.69 Å². The summed E-state index contributed by atoms with van der Waals surface area (Å²) in [4.78, 5) is 25.7. The zero-order valence-corrected chi connectivity index (χ0v) is 20.5. The number of methoxy groups -OCH3 is 1. The fourth-order valence-electron chi connectivity index (χ4n) is 3.14. The van der Waals surface area contributed by atoms with E-state index in [-0.39, 0.29) is 24.1 Å². The van der Waals surface area contributed by atoms with Gasteiger partial charge in [0.2, 0.25) is 0 Å². The molecule has 2 aromatic carbocycles. The molecule has 0 aliphatic rings. The highest BCUT2D eigenvalue weighted by Crippen LogP contribution is 2.24. The Morgan fingerprint density at radius 1 is 1.12 bits per heavy atom. The Bertz CT molecular complexity index is 1140. The Kier molecular flexibility index (Phi) is 8.54. The van der Waals surface area contributed by atoms with Crippen LogP contribution in [0.3, 0.4) is 0 Å². The van der Waals surface area contributed by atoms with Crippen molar-refractivity contribution in [2.75, 3.05) is 19.0 Å². The SMILES string of the molecule is CCn1cc(NC(=O)c2ccc(OC)c(COc3ccc(Cl)cc3)c2)c(C(=O)NCC(C)C)n1. The molecule has 8 nitrogen and oxygen atoms in total. The number of benzene rings is 2. The molecule has 0 radical (unpaired) electrons. The van der Waals surface area contributed by atoms with Gasteiger partial charge in [0, 0.05) is 35.4 Å². The van der Waals surface area contributed by atoms with Gasteiger partial charge in [-0.05, 0) is 55.3 Å². The number of carbonyl (C=O) groups is 2. The minimum absolute atomic E-state index is 0.177. The van der Waals surface area contributed by atoms with Crippen LogP contribution in [-0.2, 0) is 13.2 Å². The van der Waals surface area contributed by atoms with Crippen molar-refractivity contribution in [3.8, 4) is 11.5 Å². The van der Waals surface area contributed by atoms with Crippen LogP contribution in [0.25, 0.3) is 0 Å². The maximum Gasteiger partial charge on any atom is 0.273 e. The number of aryl methyl sites for hydroxylation is 1. The molecule has 0 saturated heterocycles. The fourth-order valence-corrected chi connectivity index (χ4v) is 3.27. The van der Waals surface area contributed by atoms with E-state index in [9.17, 15) is 9.59 Å². The minimum atomic E-state index is -0.371. The zero-order chi connectivity index (χ0) is 24.7. The number of nitrogens with zero attached hydrogens (tertiary/aromatic N) is 2. The second-order valence-electron chi connectivity index (χ2n) is 8.07. The molecule has 0 aliphatic carbocycles. The van der Waals surface area contributed by atoms with Crippen molar-refractivity contribution in [2.45, 2.75) is 33.9 Å². The average molecular weight is 485 g/mol. The van der Waals surface area contributed by atoms with E-state index < -0.39 is 0 Å². The van der Waals surface area contributed by atoms with E-state index >= 15 is 0 Å². The fraction of sp³-hybridized carbons (Fsp3) is 0.320. The van der Waals surface area contributed by atoms with Gasteiger partial charge < -0.3 is 20.1 Å². The lowest BCUT2D eigenvalue weighted by Gasteiger charge is -2.13. The summed E-state index contributed by atoms with van der Waals surface area (Å²) in [7, 11) is 1.56. The zero-order valence-electron chi connectivity index (χ0n) is 19.7. The van der Waals surface area contributed by atoms with Gasteiger partial charge in [-0.25, -0.2) is 0 Å². The predicted molar refractivity (Wildman–Crippen MR) is 132 cm³/mol. The number of rotatable bonds is 10. The minimum Gasteiger partial charge on any atom is -0.496 e. The summed E-state index contributed by atoms with van der Waals surface area (Å²) in [6, 6.07) is 12.1. The van der Waals surface area contributed by atoms with Crippen LogP contribution in [0.1, 0.15) is 47.2 Å². The molecule has 0 spiro atoms. The Morgan fingerprint density at radius 3 is 2.50 bits per heavy atom. The number of ether oxygens (including phenoxy) is 2. The van der Waals surface area contributed by atoms with Crippen molar-refractivity contribution in [1.82, 2.24) is 15.1 Å². The molecule has 1 aromatic heterocycles. The molecule has 1 heterocycles. The number of nitrogens with one attached hydrogen (secondary N) is 2. The van der Waals surface area contributed by atoms with Gasteiger partial charge in [-0.2, -0.15) is 5.10 Å². The molecule has 0 bridgehead atoms. The molecule has 34 heavy (non-hydrogen) atoms. The second-order valence-corrected chi connectivity index (χ2v) is 8.51. The number of amides is 2. The molecular weight excluding hydrogens is 456 g/mol. The van der Waals surface area contributed by atoms with Gasteiger partial charge in [-0.1, -0.05) is 25.4 Å². The monoisotopic (exact) mass is 484 g/mol. The summed E-state index contributed by atoms with van der Waals surface area (Å²) >= 11 is 5.92. The second kappa shape index (κ2) is 11.6. The molecule has 2 N–H and O–H groups in total. The maximum absolute atomic E-state index is 13.0. The Hall–Kier alpha value is -3.52. The molecule has 9 heteroatoms. The molecule has 0 fully saturated rings. The molecule has 2 amide bonds. The third-order valence-corrected chi connectivity index (χ3v) is 5.22. The standard InChI is InChI=1S/C25H29ClN4O4/c1-5-30-14-21(23(29-30)25(32)27-13-16(2)3)28-24(31)17-6-11-22(33-4)18(12-17)15-34-20-9-7-19(26)8-10-20/h6-12,14,16H,5,13,15H2,1-4H3,(H,27,32)(H,28,31). The summed E-state index contributed by atoms with van der Waals surface area (Å²) < 4.78 is 12.9. The lowest BCUT2D eigenvalue weighted by molar-refractivity contribution is 0.0944. The van der Waals surface area contributed by atoms with Crippen LogP contribution in [0, 0.1) is 5.92 Å². The van der Waals surface area contributed by atoms with E-state index in [1.165, 1.54) is 0 Å². The van der Waals surface area contributed by atoms with E-state index in [0.29, 0.717) is 52.3 Å². The van der Waals surface area contributed by atoms with Crippen LogP contribution in [0.5, 0.6) is 11.5 Å². The lowest BCUT2D eigenvalue weighted by Crippen LogP contribution is -2.28. The predicted octanol–water partition coefficient (Wildman–Crippen LogP) is 4.78. The van der Waals surface area contributed by atoms with E-state index in [0.717, 1.165) is 0 Å². The van der Waals surface area contributed by atoms with Crippen LogP contribution < -0.4 is 20.1 Å². The highest BCUT2D eigenvalue weighted by atomic mass is 35.5. The summed E-state index contributed by atoms with van der Waals surface area (Å²) in [5, 5.41) is 10.6. The molecule has 0 atom stereocenters. The smallest absolute Gasteiger partial charge is 0.273 e. The third-order valence-electron chi connectivity index (χ3n) is 4.97. The largest absolute Gasteiger partial charge is 0.496 e. The van der Waals surface area contributed by atoms with E-state index in [4.69, 9.17) is 21.1 Å². The van der Waals surface area contributed by atoms with Crippen molar-refractivity contribution in [3.05, 3.63) is 70.5 Å². The summed E-state index contributed by atoms with van der Waals surface area (Å²) in [6.07, 6.45) is 1.65. The van der Waals surface area contributed by atoms with Crippen molar-refractivity contribution in [2.24, 2.45) is 5.92 Å². The molecular formula is C25H29ClN4O4. The van der Waals surface area contributed by atoms with E-state index in [2.05, 4.69) is 15.7 Å². The highest BCUT2D eigenvalue weighted by molar-refractivity contribution is 6.30. The highest BCUT2D eigenvalue weighted by Gasteiger charge is 2.20. The van der Waals surface area contributed by atoms with Crippen LogP contribution in [0.4, 0.5) is 5.69 Å². The maximum atomic E-state index is 13.0. The molecule has 3 aromatic rings. The Morgan fingerprint density at radius 2 is 1.85 bits per heavy atom. The first-order valence-electron chi connectivity index (χ1n) is 11.0. The first-order chi connectivity index (χ1) is 16.3. The molecule has 0 unspecified atom stereocenters. The van der Waals surface area contributed by atoms with Crippen LogP contribution in [0.15, 0.2) is 48.7 Å². The van der Waals surface area contributed by atoms with E-state index in [1.807, 2.05) is 20.8 Å². The van der Waals surface area contributed by atoms with E-state index in [1.54, 1.807) is 60.5 Å². The van der Waals surface area contributed by atoms with Crippen LogP contribution in [0.2, 0.25) is 5.02 Å². The van der Waals surface area contributed by atoms with Crippen molar-refractivity contribution in [3.63, 3.8) is 0 Å². The summed E-state index contributed by atoms with van der Waals surface area (Å²) in [6.45, 7) is 7.19. The molecule has 3 rings (SSSR count). The first-order valence-corrected chi connectivity index (χ1v) is 11.4. The van der Waals surface area contributed by atoms with Gasteiger partial charge in [0.05, 0.1) is 12.8 Å². The number of hydrogen-bond donors (Lipinski definition) is 2. The molecule has 0 saturated carbocycles. The van der Waals surface area contributed by atoms with Gasteiger partial charge in [0.25, 0.3) is 11.8 Å².